The third kappa shape index (κ3) is 2.00. The van der Waals surface area contributed by atoms with Crippen molar-refractivity contribution in [3.05, 3.63) is 35.6 Å². The zero-order chi connectivity index (χ0) is 14.5. The number of carbonyl (C=O) groups excluding carboxylic acids is 1. The van der Waals surface area contributed by atoms with Crippen molar-refractivity contribution < 1.29 is 14.3 Å². The highest BCUT2D eigenvalue weighted by Gasteiger charge is 2.48. The number of carbonyl (C=O) groups is 1. The van der Waals surface area contributed by atoms with Gasteiger partial charge in [-0.05, 0) is 31.5 Å². The van der Waals surface area contributed by atoms with E-state index in [1.165, 1.54) is 0 Å². The Kier molecular flexibility index (Phi) is 2.87. The molecular formula is C16H19NO3. The molecule has 4 heteroatoms. The van der Waals surface area contributed by atoms with Crippen LogP contribution in [0.1, 0.15) is 36.4 Å². The standard InChI is InChI=1S/C16H19NO3/c1-9-4-5-11-10(6-9)7-12(20-11)15(19)17-13-8-14(18)16(13,2)3/h4-7,13-14,18H,8H2,1-3H3,(H,17,19). The summed E-state index contributed by atoms with van der Waals surface area (Å²) in [7, 11) is 0. The van der Waals surface area contributed by atoms with Gasteiger partial charge in [0.1, 0.15) is 5.58 Å². The number of nitrogens with one attached hydrogen (secondary N) is 1. The van der Waals surface area contributed by atoms with Crippen molar-refractivity contribution in [2.24, 2.45) is 5.41 Å². The predicted molar refractivity (Wildman–Crippen MR) is 76.6 cm³/mol. The number of aryl methyl sites for hydroxylation is 1. The minimum Gasteiger partial charge on any atom is -0.451 e. The summed E-state index contributed by atoms with van der Waals surface area (Å²) >= 11 is 0. The topological polar surface area (TPSA) is 62.5 Å². The molecule has 1 heterocycles. The first-order valence-electron chi connectivity index (χ1n) is 6.87. The highest BCUT2D eigenvalue weighted by atomic mass is 16.3. The number of amides is 1. The quantitative estimate of drug-likeness (QED) is 0.884. The monoisotopic (exact) mass is 273 g/mol. The number of rotatable bonds is 2. The zero-order valence-corrected chi connectivity index (χ0v) is 11.9. The molecular weight excluding hydrogens is 254 g/mol. The van der Waals surface area contributed by atoms with Crippen LogP contribution in [0.15, 0.2) is 28.7 Å². The molecule has 0 spiro atoms. The summed E-state index contributed by atoms with van der Waals surface area (Å²) in [5.41, 5.74) is 1.57. The molecule has 2 unspecified atom stereocenters. The molecule has 2 atom stereocenters. The van der Waals surface area contributed by atoms with Crippen LogP contribution in [0.25, 0.3) is 11.0 Å². The number of aliphatic hydroxyl groups is 1. The second-order valence-corrected chi connectivity index (χ2v) is 6.25. The Balaban J connectivity index is 1.79. The van der Waals surface area contributed by atoms with Gasteiger partial charge in [0.2, 0.25) is 0 Å². The molecule has 1 amide bonds. The highest BCUT2D eigenvalue weighted by Crippen LogP contribution is 2.40. The van der Waals surface area contributed by atoms with Gasteiger partial charge in [0.25, 0.3) is 5.91 Å². The van der Waals surface area contributed by atoms with Crippen LogP contribution < -0.4 is 5.32 Å². The van der Waals surface area contributed by atoms with Crippen molar-refractivity contribution in [3.8, 4) is 0 Å². The van der Waals surface area contributed by atoms with Crippen molar-refractivity contribution in [1.29, 1.82) is 0 Å². The fourth-order valence-corrected chi connectivity index (χ4v) is 2.65. The largest absolute Gasteiger partial charge is 0.451 e. The smallest absolute Gasteiger partial charge is 0.287 e. The molecule has 0 aliphatic heterocycles. The van der Waals surface area contributed by atoms with Gasteiger partial charge in [-0.2, -0.15) is 0 Å². The van der Waals surface area contributed by atoms with E-state index in [4.69, 9.17) is 4.42 Å². The maximum absolute atomic E-state index is 12.2. The van der Waals surface area contributed by atoms with Gasteiger partial charge in [-0.25, -0.2) is 0 Å². The Hall–Kier alpha value is -1.81. The third-order valence-electron chi connectivity index (χ3n) is 4.42. The molecule has 3 rings (SSSR count). The van der Waals surface area contributed by atoms with Crippen LogP contribution in [0.5, 0.6) is 0 Å². The van der Waals surface area contributed by atoms with E-state index in [-0.39, 0.29) is 23.5 Å². The molecule has 1 saturated carbocycles. The Labute approximate surface area is 117 Å². The van der Waals surface area contributed by atoms with E-state index in [0.717, 1.165) is 10.9 Å². The Morgan fingerprint density at radius 1 is 1.40 bits per heavy atom. The first kappa shape index (κ1) is 13.2. The first-order valence-corrected chi connectivity index (χ1v) is 6.87. The van der Waals surface area contributed by atoms with E-state index < -0.39 is 0 Å². The van der Waals surface area contributed by atoms with Crippen LogP contribution in [0.2, 0.25) is 0 Å². The summed E-state index contributed by atoms with van der Waals surface area (Å²) in [5.74, 6) is 0.103. The lowest BCUT2D eigenvalue weighted by molar-refractivity contribution is -0.0691. The van der Waals surface area contributed by atoms with Crippen molar-refractivity contribution in [1.82, 2.24) is 5.32 Å². The number of hydrogen-bond donors (Lipinski definition) is 2. The molecule has 0 bridgehead atoms. The SMILES string of the molecule is Cc1ccc2oc(C(=O)NC3CC(O)C3(C)C)cc2c1. The molecule has 106 valence electrons. The number of aliphatic hydroxyl groups excluding tert-OH is 1. The lowest BCUT2D eigenvalue weighted by atomic mass is 9.64. The fraction of sp³-hybridized carbons (Fsp3) is 0.438. The minimum atomic E-state index is -0.355. The van der Waals surface area contributed by atoms with E-state index in [1.54, 1.807) is 6.07 Å². The van der Waals surface area contributed by atoms with Crippen LogP contribution in [0.3, 0.4) is 0 Å². The molecule has 1 fully saturated rings. The molecule has 2 aromatic rings. The van der Waals surface area contributed by atoms with Gasteiger partial charge in [-0.15, -0.1) is 0 Å². The zero-order valence-electron chi connectivity index (χ0n) is 11.9. The van der Waals surface area contributed by atoms with Crippen molar-refractivity contribution in [2.75, 3.05) is 0 Å². The lowest BCUT2D eigenvalue weighted by Gasteiger charge is -2.49. The van der Waals surface area contributed by atoms with Gasteiger partial charge >= 0.3 is 0 Å². The number of fused-ring (bicyclic) bond motifs is 1. The molecule has 1 aliphatic rings. The highest BCUT2D eigenvalue weighted by molar-refractivity contribution is 5.96. The van der Waals surface area contributed by atoms with Crippen molar-refractivity contribution in [3.63, 3.8) is 0 Å². The molecule has 1 aliphatic carbocycles. The van der Waals surface area contributed by atoms with E-state index in [2.05, 4.69) is 5.32 Å². The van der Waals surface area contributed by atoms with Gasteiger partial charge in [0.15, 0.2) is 5.76 Å². The molecule has 0 radical (unpaired) electrons. The van der Waals surface area contributed by atoms with Crippen molar-refractivity contribution >= 4 is 16.9 Å². The summed E-state index contributed by atoms with van der Waals surface area (Å²) in [4.78, 5) is 12.2. The molecule has 20 heavy (non-hydrogen) atoms. The lowest BCUT2D eigenvalue weighted by Crippen LogP contribution is -2.61. The Morgan fingerprint density at radius 3 is 2.80 bits per heavy atom. The van der Waals surface area contributed by atoms with E-state index in [1.807, 2.05) is 39.0 Å². The maximum atomic E-state index is 12.2. The first-order chi connectivity index (χ1) is 9.38. The Morgan fingerprint density at radius 2 is 2.15 bits per heavy atom. The predicted octanol–water partition coefficient (Wildman–Crippen LogP) is 2.63. The van der Waals surface area contributed by atoms with Crippen molar-refractivity contribution in [2.45, 2.75) is 39.3 Å². The summed E-state index contributed by atoms with van der Waals surface area (Å²) in [5, 5.41) is 13.6. The van der Waals surface area contributed by atoms with Gasteiger partial charge in [0, 0.05) is 16.8 Å². The van der Waals surface area contributed by atoms with E-state index in [0.29, 0.717) is 17.8 Å². The van der Waals surface area contributed by atoms with E-state index in [9.17, 15) is 9.90 Å². The van der Waals surface area contributed by atoms with Crippen LogP contribution in [0, 0.1) is 12.3 Å². The number of benzene rings is 1. The maximum Gasteiger partial charge on any atom is 0.287 e. The van der Waals surface area contributed by atoms with Crippen LogP contribution in [0.4, 0.5) is 0 Å². The average molecular weight is 273 g/mol. The summed E-state index contributed by atoms with van der Waals surface area (Å²) in [6.45, 7) is 5.91. The van der Waals surface area contributed by atoms with Crippen LogP contribution >= 0.6 is 0 Å². The number of furan rings is 1. The molecule has 1 aromatic heterocycles. The normalized spacial score (nSPS) is 24.4. The second-order valence-electron chi connectivity index (χ2n) is 6.25. The van der Waals surface area contributed by atoms with Gasteiger partial charge in [-0.3, -0.25) is 4.79 Å². The molecule has 2 N–H and O–H groups in total. The summed E-state index contributed by atoms with van der Waals surface area (Å²) in [6.07, 6.45) is 0.240. The minimum absolute atomic E-state index is 0.0139. The second kappa shape index (κ2) is 4.35. The molecule has 0 saturated heterocycles. The Bertz CT molecular complexity index is 671. The van der Waals surface area contributed by atoms with Crippen LogP contribution in [-0.2, 0) is 0 Å². The summed E-state index contributed by atoms with van der Waals surface area (Å²) < 4.78 is 5.57. The third-order valence-corrected chi connectivity index (χ3v) is 4.42. The fourth-order valence-electron chi connectivity index (χ4n) is 2.65. The average Bonchev–Trinajstić information content (AvgIpc) is 2.81. The van der Waals surface area contributed by atoms with E-state index >= 15 is 0 Å². The number of hydrogen-bond acceptors (Lipinski definition) is 3. The summed E-state index contributed by atoms with van der Waals surface area (Å²) in [6, 6.07) is 7.57. The van der Waals surface area contributed by atoms with Gasteiger partial charge < -0.3 is 14.8 Å². The molecule has 1 aromatic carbocycles. The van der Waals surface area contributed by atoms with Gasteiger partial charge in [-0.1, -0.05) is 25.5 Å². The molecule has 4 nitrogen and oxygen atoms in total. The van der Waals surface area contributed by atoms with Gasteiger partial charge in [0.05, 0.1) is 6.10 Å². The van der Waals surface area contributed by atoms with Crippen LogP contribution in [-0.4, -0.2) is 23.2 Å².